The molecule has 0 spiro atoms. The maximum atomic E-state index is 5.50. The first-order chi connectivity index (χ1) is 5.64. The molecule has 1 rings (SSSR count). The van der Waals surface area contributed by atoms with Gasteiger partial charge in [0, 0.05) is 6.54 Å². The van der Waals surface area contributed by atoms with Crippen molar-refractivity contribution in [2.75, 3.05) is 6.54 Å². The number of allylic oxidation sites excluding steroid dienone is 1. The molecular weight excluding hydrogens is 146 g/mol. The Balaban J connectivity index is 2.50. The maximum Gasteiger partial charge on any atom is 0.0109 e. The van der Waals surface area contributed by atoms with Gasteiger partial charge in [-0.2, -0.15) is 0 Å². The standard InChI is InChI=1S/C11H21N/c1-11(2)7-3-4-10(5-8-11)6-9-12/h6H,3-5,7-9,12H2,1-2H3/b10-6+. The fourth-order valence-electron chi connectivity index (χ4n) is 1.91. The Kier molecular flexibility index (Phi) is 3.33. The molecule has 70 valence electrons. The Morgan fingerprint density at radius 2 is 2.08 bits per heavy atom. The van der Waals surface area contributed by atoms with Crippen molar-refractivity contribution in [3.8, 4) is 0 Å². The summed E-state index contributed by atoms with van der Waals surface area (Å²) in [5.74, 6) is 0. The van der Waals surface area contributed by atoms with Gasteiger partial charge in [0.05, 0.1) is 0 Å². The van der Waals surface area contributed by atoms with E-state index in [9.17, 15) is 0 Å². The largest absolute Gasteiger partial charge is 0.327 e. The predicted molar refractivity (Wildman–Crippen MR) is 54.0 cm³/mol. The van der Waals surface area contributed by atoms with Crippen LogP contribution in [0.3, 0.4) is 0 Å². The monoisotopic (exact) mass is 167 g/mol. The van der Waals surface area contributed by atoms with Crippen LogP contribution in [0.2, 0.25) is 0 Å². The van der Waals surface area contributed by atoms with Crippen molar-refractivity contribution in [1.29, 1.82) is 0 Å². The van der Waals surface area contributed by atoms with E-state index in [0.29, 0.717) is 5.41 Å². The van der Waals surface area contributed by atoms with Crippen LogP contribution in [0.15, 0.2) is 11.6 Å². The summed E-state index contributed by atoms with van der Waals surface area (Å²) in [4.78, 5) is 0. The summed E-state index contributed by atoms with van der Waals surface area (Å²) in [5.41, 5.74) is 7.65. The first kappa shape index (κ1) is 9.79. The zero-order chi connectivity index (χ0) is 9.03. The molecule has 0 radical (unpaired) electrons. The molecule has 12 heavy (non-hydrogen) atoms. The SMILES string of the molecule is CC1(C)CCC/C(=C\CN)CC1. The van der Waals surface area contributed by atoms with Crippen molar-refractivity contribution in [3.05, 3.63) is 11.6 Å². The van der Waals surface area contributed by atoms with E-state index in [2.05, 4.69) is 19.9 Å². The van der Waals surface area contributed by atoms with Gasteiger partial charge in [-0.3, -0.25) is 0 Å². The van der Waals surface area contributed by atoms with E-state index in [0.717, 1.165) is 6.54 Å². The zero-order valence-corrected chi connectivity index (χ0v) is 8.40. The van der Waals surface area contributed by atoms with E-state index in [-0.39, 0.29) is 0 Å². The quantitative estimate of drug-likeness (QED) is 0.471. The van der Waals surface area contributed by atoms with Crippen LogP contribution in [-0.4, -0.2) is 6.54 Å². The molecule has 1 saturated carbocycles. The van der Waals surface area contributed by atoms with Crippen LogP contribution in [0, 0.1) is 5.41 Å². The molecule has 0 aliphatic heterocycles. The lowest BCUT2D eigenvalue weighted by molar-refractivity contribution is 0.316. The Hall–Kier alpha value is -0.300. The number of rotatable bonds is 1. The summed E-state index contributed by atoms with van der Waals surface area (Å²) in [6, 6.07) is 0. The minimum Gasteiger partial charge on any atom is -0.327 e. The van der Waals surface area contributed by atoms with Gasteiger partial charge >= 0.3 is 0 Å². The molecule has 0 saturated heterocycles. The van der Waals surface area contributed by atoms with Crippen LogP contribution in [0.1, 0.15) is 46.0 Å². The molecule has 0 bridgehead atoms. The predicted octanol–water partition coefficient (Wildman–Crippen LogP) is 2.86. The Bertz CT molecular complexity index is 168. The first-order valence-electron chi connectivity index (χ1n) is 5.02. The minimum atomic E-state index is 0.560. The van der Waals surface area contributed by atoms with Crippen molar-refractivity contribution >= 4 is 0 Å². The fraction of sp³-hybridized carbons (Fsp3) is 0.818. The molecule has 1 heteroatoms. The van der Waals surface area contributed by atoms with Crippen molar-refractivity contribution in [2.24, 2.45) is 11.1 Å². The van der Waals surface area contributed by atoms with Gasteiger partial charge in [-0.25, -0.2) is 0 Å². The van der Waals surface area contributed by atoms with Crippen molar-refractivity contribution in [2.45, 2.75) is 46.0 Å². The van der Waals surface area contributed by atoms with Gasteiger partial charge in [-0.15, -0.1) is 0 Å². The van der Waals surface area contributed by atoms with Crippen LogP contribution in [0.5, 0.6) is 0 Å². The van der Waals surface area contributed by atoms with Crippen LogP contribution < -0.4 is 5.73 Å². The van der Waals surface area contributed by atoms with Crippen molar-refractivity contribution < 1.29 is 0 Å². The lowest BCUT2D eigenvalue weighted by atomic mass is 9.85. The molecule has 0 unspecified atom stereocenters. The smallest absolute Gasteiger partial charge is 0.0109 e. The second kappa shape index (κ2) is 4.08. The second-order valence-corrected chi connectivity index (χ2v) is 4.62. The summed E-state index contributed by atoms with van der Waals surface area (Å²) in [5, 5.41) is 0. The summed E-state index contributed by atoms with van der Waals surface area (Å²) < 4.78 is 0. The van der Waals surface area contributed by atoms with Gasteiger partial charge in [-0.05, 0) is 37.5 Å². The first-order valence-corrected chi connectivity index (χ1v) is 5.02. The molecule has 0 heterocycles. The third-order valence-electron chi connectivity index (χ3n) is 2.88. The molecule has 1 nitrogen and oxygen atoms in total. The Morgan fingerprint density at radius 3 is 2.75 bits per heavy atom. The third-order valence-corrected chi connectivity index (χ3v) is 2.88. The van der Waals surface area contributed by atoms with E-state index in [1.165, 1.54) is 32.1 Å². The maximum absolute atomic E-state index is 5.50. The summed E-state index contributed by atoms with van der Waals surface area (Å²) in [7, 11) is 0. The summed E-state index contributed by atoms with van der Waals surface area (Å²) in [6.07, 6.45) is 8.80. The second-order valence-electron chi connectivity index (χ2n) is 4.62. The van der Waals surface area contributed by atoms with Crippen molar-refractivity contribution in [3.63, 3.8) is 0 Å². The van der Waals surface area contributed by atoms with E-state index in [1.54, 1.807) is 5.57 Å². The molecule has 1 aliphatic carbocycles. The highest BCUT2D eigenvalue weighted by molar-refractivity contribution is 5.05. The molecule has 2 N–H and O–H groups in total. The Labute approximate surface area is 76.0 Å². The summed E-state index contributed by atoms with van der Waals surface area (Å²) >= 11 is 0. The van der Waals surface area contributed by atoms with Crippen LogP contribution in [0.25, 0.3) is 0 Å². The number of hydrogen-bond donors (Lipinski definition) is 1. The molecule has 0 aromatic heterocycles. The average Bonchev–Trinajstić information content (AvgIpc) is 2.14. The topological polar surface area (TPSA) is 26.0 Å². The highest BCUT2D eigenvalue weighted by atomic mass is 14.5. The fourth-order valence-corrected chi connectivity index (χ4v) is 1.91. The van der Waals surface area contributed by atoms with Gasteiger partial charge in [0.1, 0.15) is 0 Å². The highest BCUT2D eigenvalue weighted by Crippen LogP contribution is 2.35. The average molecular weight is 167 g/mol. The van der Waals surface area contributed by atoms with E-state index < -0.39 is 0 Å². The van der Waals surface area contributed by atoms with Crippen molar-refractivity contribution in [1.82, 2.24) is 0 Å². The van der Waals surface area contributed by atoms with Gasteiger partial charge in [0.2, 0.25) is 0 Å². The van der Waals surface area contributed by atoms with E-state index >= 15 is 0 Å². The van der Waals surface area contributed by atoms with Crippen LogP contribution in [-0.2, 0) is 0 Å². The normalized spacial score (nSPS) is 27.1. The van der Waals surface area contributed by atoms with E-state index in [4.69, 9.17) is 5.73 Å². The lowest BCUT2D eigenvalue weighted by Crippen LogP contribution is -2.08. The molecule has 0 atom stereocenters. The lowest BCUT2D eigenvalue weighted by Gasteiger charge is -2.21. The molecule has 0 amide bonds. The Morgan fingerprint density at radius 1 is 1.33 bits per heavy atom. The van der Waals surface area contributed by atoms with Crippen LogP contribution >= 0.6 is 0 Å². The number of hydrogen-bond acceptors (Lipinski definition) is 1. The molecule has 1 fully saturated rings. The summed E-state index contributed by atoms with van der Waals surface area (Å²) in [6.45, 7) is 5.46. The zero-order valence-electron chi connectivity index (χ0n) is 8.40. The van der Waals surface area contributed by atoms with Gasteiger partial charge in [-0.1, -0.05) is 25.5 Å². The van der Waals surface area contributed by atoms with Gasteiger partial charge in [0.25, 0.3) is 0 Å². The third kappa shape index (κ3) is 2.98. The molecular formula is C11H21N. The van der Waals surface area contributed by atoms with Gasteiger partial charge < -0.3 is 5.73 Å². The van der Waals surface area contributed by atoms with E-state index in [1.807, 2.05) is 0 Å². The molecule has 0 aromatic carbocycles. The minimum absolute atomic E-state index is 0.560. The highest BCUT2D eigenvalue weighted by Gasteiger charge is 2.20. The number of nitrogens with two attached hydrogens (primary N) is 1. The molecule has 1 aliphatic rings. The van der Waals surface area contributed by atoms with Crippen LogP contribution in [0.4, 0.5) is 0 Å². The van der Waals surface area contributed by atoms with Gasteiger partial charge in [0.15, 0.2) is 0 Å². The molecule has 0 aromatic rings.